The first-order valence-electron chi connectivity index (χ1n) is 18.0. The number of nitrogens with one attached hydrogen (secondary N) is 1. The Kier molecular flexibility index (Phi) is 26.9. The van der Waals surface area contributed by atoms with Crippen LogP contribution in [0.15, 0.2) is 107 Å². The van der Waals surface area contributed by atoms with E-state index < -0.39 is 134 Å². The van der Waals surface area contributed by atoms with Crippen LogP contribution in [0.3, 0.4) is 0 Å². The quantitative estimate of drug-likeness (QED) is 0.00846. The first-order valence-corrected chi connectivity index (χ1v) is 26.3. The van der Waals surface area contributed by atoms with Crippen LogP contribution in [0, 0.1) is 6.08 Å². The van der Waals surface area contributed by atoms with E-state index in [-0.39, 0.29) is 166 Å². The number of nitrogen functional groups attached to an aromatic ring is 1. The summed E-state index contributed by atoms with van der Waals surface area (Å²) in [6.07, 6.45) is -1.32. The van der Waals surface area contributed by atoms with Crippen LogP contribution in [-0.2, 0) is 63.9 Å². The molecule has 4 N–H and O–H groups in total. The molecule has 0 saturated heterocycles. The maximum Gasteiger partial charge on any atom is 1.00 e. The van der Waals surface area contributed by atoms with Crippen LogP contribution in [0.5, 0.6) is 5.75 Å². The number of nitrogens with zero attached hydrogens (tertiary/aromatic N) is 8. The van der Waals surface area contributed by atoms with Crippen LogP contribution in [-0.4, -0.2) is 107 Å². The second-order valence-corrected chi connectivity index (χ2v) is 21.7. The largest absolute Gasteiger partial charge is 1.00 e. The number of nitrogens with two attached hydrogens (primary N) is 1. The summed E-state index contributed by atoms with van der Waals surface area (Å²) in [5.74, 6) is -3.17. The zero-order valence-corrected chi connectivity index (χ0v) is 50.8. The second kappa shape index (κ2) is 28.4. The number of halogens is 1. The summed E-state index contributed by atoms with van der Waals surface area (Å²) in [5.41, 5.74) is 2.81. The minimum absolute atomic E-state index is 0. The first-order chi connectivity index (χ1) is 31.7. The number of rotatable bonds is 22. The molecule has 0 aliphatic rings. The summed E-state index contributed by atoms with van der Waals surface area (Å²) in [4.78, 5) is 9.52. The maximum atomic E-state index is 14.6. The van der Waals surface area contributed by atoms with Crippen LogP contribution >= 0.6 is 12.0 Å². The van der Waals surface area contributed by atoms with E-state index in [1.807, 2.05) is 0 Å². The van der Waals surface area contributed by atoms with Gasteiger partial charge in [-0.3, -0.25) is 9.22 Å². The molecule has 0 aliphatic heterocycles. The molecule has 0 atom stereocenters. The van der Waals surface area contributed by atoms with Crippen molar-refractivity contribution in [3.63, 3.8) is 0 Å². The molecule has 1 heterocycles. The molecule has 28 nitrogen and oxygen atoms in total. The molecule has 0 saturated carbocycles. The van der Waals surface area contributed by atoms with Gasteiger partial charge in [-0.2, -0.15) is 28.8 Å². The average molecular weight is 1160 g/mol. The average Bonchev–Trinajstić information content (AvgIpc) is 3.23. The van der Waals surface area contributed by atoms with Crippen molar-refractivity contribution >= 4 is 119 Å². The molecule has 0 radical (unpaired) electrons. The van der Waals surface area contributed by atoms with Crippen molar-refractivity contribution in [2.45, 2.75) is 26.5 Å². The Hall–Kier alpha value is -1.96. The van der Waals surface area contributed by atoms with Gasteiger partial charge in [-0.25, -0.2) is 42.1 Å². The Morgan fingerprint density at radius 1 is 0.833 bits per heavy atom. The van der Waals surface area contributed by atoms with Crippen molar-refractivity contribution in [3.05, 3.63) is 72.7 Å². The fraction of sp³-hybridized carbons (Fsp3) is 0.182. The van der Waals surface area contributed by atoms with Crippen molar-refractivity contribution in [3.8, 4) is 5.75 Å². The van der Waals surface area contributed by atoms with Crippen LogP contribution in [0.1, 0.15) is 6.92 Å². The Labute approximate surface area is 502 Å². The molecular weight excluding hydrogens is 1130 g/mol. The van der Waals surface area contributed by atoms with Crippen molar-refractivity contribution < 1.29 is 202 Å². The number of aromatic hydroxyl groups is 1. The van der Waals surface area contributed by atoms with Gasteiger partial charge in [0.1, 0.15) is 37.3 Å². The number of azo groups is 2. The van der Waals surface area contributed by atoms with Crippen molar-refractivity contribution in [2.75, 3.05) is 47.2 Å². The molecule has 39 heteroatoms. The fourth-order valence-electron chi connectivity index (χ4n) is 5.58. The van der Waals surface area contributed by atoms with E-state index in [2.05, 4.69) is 60.9 Å². The van der Waals surface area contributed by atoms with Crippen molar-refractivity contribution in [1.82, 2.24) is 15.0 Å². The molecule has 1 aromatic heterocycles. The summed E-state index contributed by atoms with van der Waals surface area (Å²) in [7, 11) is -23.9. The summed E-state index contributed by atoms with van der Waals surface area (Å²) < 4.78 is 178. The van der Waals surface area contributed by atoms with E-state index in [4.69, 9.17) is 5.73 Å². The van der Waals surface area contributed by atoms with Crippen LogP contribution < -0.4 is 139 Å². The zero-order chi connectivity index (χ0) is 50.4. The van der Waals surface area contributed by atoms with Gasteiger partial charge in [-0.1, -0.05) is 6.58 Å². The SMILES string of the molecule is C=CS(=O)(=O)CCN(CC)c1nc(F)nc(Nc2ccc(S(=O)(=O)[O-])c(N=Nc3c(SOO[O-])cc4cc(S(=O)(=O)[O-])c(N=Nc5ccc(S(=O)(=O)CCOS(=O)(=O)[O-])cc5)c(N)c4c3O)c2)n1.[Na+].[Na+].[Na+].[Na+]. The number of sulfone groups is 2. The summed E-state index contributed by atoms with van der Waals surface area (Å²) >= 11 is 0.0358. The third-order valence-electron chi connectivity index (χ3n) is 8.68. The molecule has 0 spiro atoms. The number of aromatic nitrogens is 3. The minimum Gasteiger partial charge on any atom is -0.744 e. The number of fused-ring (bicyclic) bond motifs is 1. The van der Waals surface area contributed by atoms with E-state index >= 15 is 0 Å². The summed E-state index contributed by atoms with van der Waals surface area (Å²) in [6.45, 7) is 3.76. The minimum atomic E-state index is -5.49. The molecule has 0 bridgehead atoms. The standard InChI is InChI=1S/C33H33FN10O18S6.4Na/c1-3-44(11-13-64(47,48)4-2)33-38-31(34)37-32(39-33)36-20-7-10-24(66(51,52)53)22(17-20)41-42-28-23(63-62-61-46)15-18-16-25(67(54,55)56)29(27(35)26(18)30(28)45)43-40-19-5-8-21(9-6-19)65(49,50)14-12-60-68(57,58)59;;;;/h4-10,15-17,45-46H,2-3,11-14,35H2,1H3,(H,51,52,53)(H,54,55,56)(H,57,58,59)(H,36,37,38,39);;;;/q;4*+1/p-4. The normalized spacial score (nSPS) is 12.1. The molecule has 0 unspecified atom stereocenters. The summed E-state index contributed by atoms with van der Waals surface area (Å²) in [6, 6.07) is 8.35. The Morgan fingerprint density at radius 3 is 2.03 bits per heavy atom. The molecule has 0 fully saturated rings. The molecule has 0 amide bonds. The van der Waals surface area contributed by atoms with Gasteiger partial charge < -0.3 is 40.0 Å². The molecular formula is C33H29FN10Na4O18S6. The number of hydrogen-bond acceptors (Lipinski definition) is 29. The van der Waals surface area contributed by atoms with Gasteiger partial charge in [0.05, 0.1) is 66.5 Å². The molecule has 366 valence electrons. The zero-order valence-electron chi connectivity index (χ0n) is 37.9. The fourth-order valence-corrected chi connectivity index (χ4v) is 9.45. The molecule has 0 aliphatic carbocycles. The van der Waals surface area contributed by atoms with E-state index in [1.165, 1.54) is 4.90 Å². The van der Waals surface area contributed by atoms with Gasteiger partial charge in [0, 0.05) is 24.2 Å². The number of benzene rings is 4. The van der Waals surface area contributed by atoms with Crippen LogP contribution in [0.25, 0.3) is 10.8 Å². The van der Waals surface area contributed by atoms with Gasteiger partial charge in [0.2, 0.25) is 22.3 Å². The van der Waals surface area contributed by atoms with E-state index in [1.54, 1.807) is 6.92 Å². The summed E-state index contributed by atoms with van der Waals surface area (Å²) in [5, 5.41) is 43.3. The third-order valence-corrected chi connectivity index (χ3v) is 14.4. The Bertz CT molecular complexity index is 3430. The predicted molar refractivity (Wildman–Crippen MR) is 228 cm³/mol. The van der Waals surface area contributed by atoms with E-state index in [9.17, 15) is 70.5 Å². The van der Waals surface area contributed by atoms with E-state index in [0.717, 1.165) is 53.9 Å². The van der Waals surface area contributed by atoms with Crippen LogP contribution in [0.4, 0.5) is 50.4 Å². The smallest absolute Gasteiger partial charge is 0.744 e. The molecule has 4 aromatic carbocycles. The third kappa shape index (κ3) is 18.7. The van der Waals surface area contributed by atoms with Crippen LogP contribution in [0.2, 0.25) is 0 Å². The number of hydrogen-bond donors (Lipinski definition) is 3. The molecule has 5 rings (SSSR count). The topological polar surface area (TPSA) is 440 Å². The van der Waals surface area contributed by atoms with Gasteiger partial charge in [0.15, 0.2) is 25.4 Å². The Morgan fingerprint density at radius 2 is 1.46 bits per heavy atom. The van der Waals surface area contributed by atoms with Crippen molar-refractivity contribution in [1.29, 1.82) is 0 Å². The molecule has 5 aromatic rings. The van der Waals surface area contributed by atoms with Gasteiger partial charge in [-0.05, 0) is 66.9 Å². The van der Waals surface area contributed by atoms with Gasteiger partial charge in [-0.15, -0.1) is 15.3 Å². The monoisotopic (exact) mass is 1160 g/mol. The molecule has 72 heavy (non-hydrogen) atoms. The predicted octanol–water partition coefficient (Wildman–Crippen LogP) is -9.28. The number of anilines is 4. The number of phenolic OH excluding ortho intramolecular Hbond substituents is 1. The van der Waals surface area contributed by atoms with Gasteiger partial charge in [0.25, 0.3) is 0 Å². The van der Waals surface area contributed by atoms with Crippen molar-refractivity contribution in [2.24, 2.45) is 20.5 Å². The first kappa shape index (κ1) is 68.1. The Balaban J connectivity index is 0.00000648. The van der Waals surface area contributed by atoms with E-state index in [0.29, 0.717) is 6.07 Å². The number of phenols is 1. The van der Waals surface area contributed by atoms with Gasteiger partial charge >= 0.3 is 124 Å². The second-order valence-electron chi connectivity index (χ2n) is 13.0. The maximum absolute atomic E-state index is 14.6.